The molecule has 0 bridgehead atoms. The smallest absolute Gasteiger partial charge is 0.253 e. The van der Waals surface area contributed by atoms with E-state index in [-0.39, 0.29) is 30.8 Å². The molecule has 110 valence electrons. The third kappa shape index (κ3) is 2.08. The molecule has 1 amide bonds. The Morgan fingerprint density at radius 3 is 3.10 bits per heavy atom. The monoisotopic (exact) mass is 290 g/mol. The summed E-state index contributed by atoms with van der Waals surface area (Å²) in [6.45, 7) is 0.580. The standard InChI is InChI=1S/C13H14N4O4/c18-9-5-21-11-8(4-20-12(9)11)16-13(19)7-1-2-10-14-6-15-17(10)3-7/h1-3,6,8-9,11-12,18H,4-5H2,(H,16,19)/t8-,9-,11-,12-/m1/s1. The van der Waals surface area contributed by atoms with Crippen molar-refractivity contribution in [3.8, 4) is 0 Å². The average Bonchev–Trinajstić information content (AvgIpc) is 3.17. The Bertz CT molecular complexity index is 688. The zero-order chi connectivity index (χ0) is 14.4. The van der Waals surface area contributed by atoms with Crippen LogP contribution in [0.2, 0.25) is 0 Å². The number of ether oxygens (including phenoxy) is 2. The summed E-state index contributed by atoms with van der Waals surface area (Å²) >= 11 is 0. The van der Waals surface area contributed by atoms with Gasteiger partial charge in [-0.1, -0.05) is 0 Å². The molecule has 2 aromatic rings. The lowest BCUT2D eigenvalue weighted by Gasteiger charge is -2.17. The van der Waals surface area contributed by atoms with E-state index in [1.54, 1.807) is 22.8 Å². The number of hydrogen-bond donors (Lipinski definition) is 2. The number of nitrogens with one attached hydrogen (secondary N) is 1. The maximum atomic E-state index is 12.3. The second-order valence-electron chi connectivity index (χ2n) is 5.22. The molecule has 4 atom stereocenters. The van der Waals surface area contributed by atoms with Crippen LogP contribution in [0.5, 0.6) is 0 Å². The van der Waals surface area contributed by atoms with Crippen molar-refractivity contribution in [3.63, 3.8) is 0 Å². The summed E-state index contributed by atoms with van der Waals surface area (Å²) in [5.41, 5.74) is 1.16. The number of aliphatic hydroxyl groups is 1. The third-order valence-electron chi connectivity index (χ3n) is 3.88. The number of aromatic nitrogens is 3. The fourth-order valence-corrected chi connectivity index (χ4v) is 2.81. The van der Waals surface area contributed by atoms with Crippen molar-refractivity contribution in [2.24, 2.45) is 0 Å². The highest BCUT2D eigenvalue weighted by Gasteiger charge is 2.47. The lowest BCUT2D eigenvalue weighted by molar-refractivity contribution is 0.0178. The average molecular weight is 290 g/mol. The summed E-state index contributed by atoms with van der Waals surface area (Å²) in [7, 11) is 0. The van der Waals surface area contributed by atoms with E-state index in [2.05, 4.69) is 15.4 Å². The molecule has 4 heterocycles. The topological polar surface area (TPSA) is 98.0 Å². The highest BCUT2D eigenvalue weighted by atomic mass is 16.6. The zero-order valence-corrected chi connectivity index (χ0v) is 11.0. The Kier molecular flexibility index (Phi) is 2.88. The normalized spacial score (nSPS) is 31.5. The van der Waals surface area contributed by atoms with Gasteiger partial charge in [-0.15, -0.1) is 0 Å². The molecular weight excluding hydrogens is 276 g/mol. The van der Waals surface area contributed by atoms with Crippen molar-refractivity contribution < 1.29 is 19.4 Å². The number of aliphatic hydroxyl groups excluding tert-OH is 1. The predicted octanol–water partition coefficient (Wildman–Crippen LogP) is -1.01. The van der Waals surface area contributed by atoms with Crippen LogP contribution in [0.25, 0.3) is 5.65 Å². The minimum absolute atomic E-state index is 0.230. The molecule has 0 radical (unpaired) electrons. The molecule has 4 rings (SSSR count). The van der Waals surface area contributed by atoms with Gasteiger partial charge in [0.05, 0.1) is 24.8 Å². The van der Waals surface area contributed by atoms with Crippen LogP contribution in [-0.2, 0) is 9.47 Å². The first kappa shape index (κ1) is 12.7. The molecule has 8 nitrogen and oxygen atoms in total. The van der Waals surface area contributed by atoms with Gasteiger partial charge >= 0.3 is 0 Å². The molecule has 21 heavy (non-hydrogen) atoms. The van der Waals surface area contributed by atoms with Crippen LogP contribution in [0.4, 0.5) is 0 Å². The van der Waals surface area contributed by atoms with Crippen LogP contribution in [0, 0.1) is 0 Å². The number of hydrogen-bond acceptors (Lipinski definition) is 6. The largest absolute Gasteiger partial charge is 0.388 e. The molecule has 2 saturated heterocycles. The van der Waals surface area contributed by atoms with Gasteiger partial charge in [-0.05, 0) is 12.1 Å². The number of amides is 1. The Balaban J connectivity index is 1.50. The van der Waals surface area contributed by atoms with Gasteiger partial charge in [0.1, 0.15) is 24.6 Å². The molecule has 2 aliphatic heterocycles. The van der Waals surface area contributed by atoms with E-state index >= 15 is 0 Å². The van der Waals surface area contributed by atoms with E-state index in [1.807, 2.05) is 0 Å². The van der Waals surface area contributed by atoms with E-state index in [4.69, 9.17) is 9.47 Å². The summed E-state index contributed by atoms with van der Waals surface area (Å²) in [6.07, 6.45) is 1.78. The quantitative estimate of drug-likeness (QED) is 0.735. The van der Waals surface area contributed by atoms with Crippen LogP contribution in [0.3, 0.4) is 0 Å². The van der Waals surface area contributed by atoms with Crippen LogP contribution in [0.15, 0.2) is 24.7 Å². The molecule has 0 saturated carbocycles. The summed E-state index contributed by atoms with van der Waals surface area (Å²) in [5.74, 6) is -0.230. The zero-order valence-electron chi connectivity index (χ0n) is 11.0. The Morgan fingerprint density at radius 1 is 1.33 bits per heavy atom. The number of pyridine rings is 1. The van der Waals surface area contributed by atoms with Crippen molar-refractivity contribution in [3.05, 3.63) is 30.2 Å². The van der Waals surface area contributed by atoms with E-state index in [9.17, 15) is 9.90 Å². The second-order valence-corrected chi connectivity index (χ2v) is 5.22. The van der Waals surface area contributed by atoms with E-state index in [0.717, 1.165) is 0 Å². The van der Waals surface area contributed by atoms with E-state index in [1.165, 1.54) is 6.33 Å². The number of fused-ring (bicyclic) bond motifs is 2. The molecule has 0 aliphatic carbocycles. The molecule has 8 heteroatoms. The lowest BCUT2D eigenvalue weighted by Crippen LogP contribution is -2.44. The van der Waals surface area contributed by atoms with Crippen LogP contribution >= 0.6 is 0 Å². The van der Waals surface area contributed by atoms with Crippen molar-refractivity contribution in [2.75, 3.05) is 13.2 Å². The van der Waals surface area contributed by atoms with Crippen molar-refractivity contribution in [2.45, 2.75) is 24.4 Å². The first-order valence-corrected chi connectivity index (χ1v) is 6.74. The molecule has 0 spiro atoms. The molecule has 0 aromatic carbocycles. The van der Waals surface area contributed by atoms with E-state index < -0.39 is 6.10 Å². The number of carbonyl (C=O) groups is 1. The van der Waals surface area contributed by atoms with Gasteiger partial charge in [-0.25, -0.2) is 9.50 Å². The third-order valence-corrected chi connectivity index (χ3v) is 3.88. The van der Waals surface area contributed by atoms with Crippen molar-refractivity contribution >= 4 is 11.6 Å². The summed E-state index contributed by atoms with van der Waals surface area (Å²) < 4.78 is 12.5. The SMILES string of the molecule is O=C(N[C@@H]1CO[C@H]2[C@@H]1OC[C@H]2O)c1ccc2ncnn2c1. The predicted molar refractivity (Wildman–Crippen MR) is 69.7 cm³/mol. The molecule has 2 N–H and O–H groups in total. The van der Waals surface area contributed by atoms with Gasteiger partial charge in [-0.3, -0.25) is 4.79 Å². The highest BCUT2D eigenvalue weighted by Crippen LogP contribution is 2.27. The Morgan fingerprint density at radius 2 is 2.19 bits per heavy atom. The van der Waals surface area contributed by atoms with Gasteiger partial charge in [0.15, 0.2) is 5.65 Å². The fraction of sp³-hybridized carbons (Fsp3) is 0.462. The molecule has 2 aromatic heterocycles. The minimum atomic E-state index is -0.622. The molecular formula is C13H14N4O4. The number of carbonyl (C=O) groups excluding carboxylic acids is 1. The van der Waals surface area contributed by atoms with Crippen molar-refractivity contribution in [1.82, 2.24) is 19.9 Å². The second kappa shape index (κ2) is 4.76. The van der Waals surface area contributed by atoms with Crippen LogP contribution < -0.4 is 5.32 Å². The number of rotatable bonds is 2. The van der Waals surface area contributed by atoms with Gasteiger partial charge in [0.25, 0.3) is 5.91 Å². The first-order chi connectivity index (χ1) is 10.2. The number of nitrogens with zero attached hydrogens (tertiary/aromatic N) is 3. The first-order valence-electron chi connectivity index (χ1n) is 6.74. The minimum Gasteiger partial charge on any atom is -0.388 e. The fourth-order valence-electron chi connectivity index (χ4n) is 2.81. The maximum absolute atomic E-state index is 12.3. The van der Waals surface area contributed by atoms with Gasteiger partial charge in [-0.2, -0.15) is 5.10 Å². The summed E-state index contributed by atoms with van der Waals surface area (Å²) in [4.78, 5) is 16.3. The maximum Gasteiger partial charge on any atom is 0.253 e. The molecule has 0 unspecified atom stereocenters. The Hall–Kier alpha value is -2.03. The van der Waals surface area contributed by atoms with Gasteiger partial charge in [0.2, 0.25) is 0 Å². The Labute approximate surface area is 119 Å². The lowest BCUT2D eigenvalue weighted by atomic mass is 10.1. The van der Waals surface area contributed by atoms with Gasteiger partial charge < -0.3 is 19.9 Å². The molecule has 2 fully saturated rings. The van der Waals surface area contributed by atoms with Crippen molar-refractivity contribution in [1.29, 1.82) is 0 Å². The molecule has 2 aliphatic rings. The van der Waals surface area contributed by atoms with E-state index in [0.29, 0.717) is 17.8 Å². The van der Waals surface area contributed by atoms with Gasteiger partial charge in [0, 0.05) is 6.20 Å². The van der Waals surface area contributed by atoms with Crippen LogP contribution in [-0.4, -0.2) is 63.2 Å². The summed E-state index contributed by atoms with van der Waals surface area (Å²) in [5, 5.41) is 16.6. The summed E-state index contributed by atoms with van der Waals surface area (Å²) in [6, 6.07) is 3.16. The highest BCUT2D eigenvalue weighted by molar-refractivity contribution is 5.94. The van der Waals surface area contributed by atoms with Crippen LogP contribution in [0.1, 0.15) is 10.4 Å².